The number of nitrogens with two attached hydrogens (primary N) is 1. The molecule has 0 spiro atoms. The summed E-state index contributed by atoms with van der Waals surface area (Å²) in [5.41, 5.74) is 6.15. The number of benzene rings is 1. The summed E-state index contributed by atoms with van der Waals surface area (Å²) < 4.78 is 0.537. The number of primary amides is 1. The summed E-state index contributed by atoms with van der Waals surface area (Å²) in [6.07, 6.45) is 0.198. The zero-order chi connectivity index (χ0) is 19.8. The van der Waals surface area contributed by atoms with Crippen molar-refractivity contribution in [3.05, 3.63) is 56.7 Å². The highest BCUT2D eigenvalue weighted by molar-refractivity contribution is 7.18. The Morgan fingerprint density at radius 1 is 0.963 bits per heavy atom. The van der Waals surface area contributed by atoms with Crippen LogP contribution in [-0.2, 0) is 16.1 Å². The molecule has 0 bridgehead atoms. The highest BCUT2D eigenvalue weighted by Crippen LogP contribution is 2.22. The fourth-order valence-electron chi connectivity index (χ4n) is 2.15. The van der Waals surface area contributed by atoms with Gasteiger partial charge in [0.2, 0.25) is 11.8 Å². The topological polar surface area (TPSA) is 118 Å². The lowest BCUT2D eigenvalue weighted by Gasteiger charge is -2.07. The van der Waals surface area contributed by atoms with E-state index < -0.39 is 11.8 Å². The van der Waals surface area contributed by atoms with E-state index in [1.54, 1.807) is 36.4 Å². The molecule has 27 heavy (non-hydrogen) atoms. The van der Waals surface area contributed by atoms with Gasteiger partial charge in [-0.3, -0.25) is 19.2 Å². The molecule has 2 aromatic rings. The van der Waals surface area contributed by atoms with E-state index in [0.717, 1.165) is 5.56 Å². The summed E-state index contributed by atoms with van der Waals surface area (Å²) in [4.78, 5) is 46.8. The summed E-state index contributed by atoms with van der Waals surface area (Å²) in [5, 5.41) is 5.11. The molecule has 2 rings (SSSR count). The average molecular weight is 408 g/mol. The molecule has 0 atom stereocenters. The lowest BCUT2D eigenvalue weighted by Crippen LogP contribution is -2.33. The Morgan fingerprint density at radius 3 is 2.26 bits per heavy atom. The summed E-state index contributed by atoms with van der Waals surface area (Å²) >= 11 is 6.98. The molecule has 1 heterocycles. The maximum absolute atomic E-state index is 11.9. The van der Waals surface area contributed by atoms with E-state index in [4.69, 9.17) is 17.3 Å². The van der Waals surface area contributed by atoms with Gasteiger partial charge in [-0.05, 0) is 29.8 Å². The van der Waals surface area contributed by atoms with Crippen LogP contribution in [0.15, 0.2) is 36.4 Å². The first-order valence-corrected chi connectivity index (χ1v) is 9.25. The van der Waals surface area contributed by atoms with Crippen LogP contribution < -0.4 is 16.4 Å². The summed E-state index contributed by atoms with van der Waals surface area (Å²) in [6, 6.07) is 9.85. The Labute approximate surface area is 164 Å². The summed E-state index contributed by atoms with van der Waals surface area (Å²) in [5.74, 6) is -1.39. The number of thiophene rings is 1. The molecule has 0 radical (unpaired) electrons. The fraction of sp³-hybridized carbons (Fsp3) is 0.222. The normalized spacial score (nSPS) is 10.3. The van der Waals surface area contributed by atoms with Gasteiger partial charge >= 0.3 is 0 Å². The van der Waals surface area contributed by atoms with Gasteiger partial charge in [-0.1, -0.05) is 23.7 Å². The highest BCUT2D eigenvalue weighted by Gasteiger charge is 2.11. The second-order valence-electron chi connectivity index (χ2n) is 5.65. The first kappa shape index (κ1) is 20.6. The number of amides is 3. The van der Waals surface area contributed by atoms with Crippen molar-refractivity contribution in [3.8, 4) is 0 Å². The van der Waals surface area contributed by atoms with Crippen LogP contribution in [0.1, 0.15) is 38.4 Å². The number of rotatable bonds is 9. The van der Waals surface area contributed by atoms with E-state index in [1.807, 2.05) is 0 Å². The Balaban J connectivity index is 1.75. The lowest BCUT2D eigenvalue weighted by molar-refractivity contribution is -0.121. The zero-order valence-corrected chi connectivity index (χ0v) is 15.9. The Morgan fingerprint density at radius 2 is 1.67 bits per heavy atom. The SMILES string of the molecule is NC(=O)CNC(=O)c1ccc(CNC(=O)CCC(=O)c2ccc(Cl)s2)cc1. The quantitative estimate of drug-likeness (QED) is 0.550. The third kappa shape index (κ3) is 6.84. The van der Waals surface area contributed by atoms with Crippen LogP contribution in [-0.4, -0.2) is 30.0 Å². The van der Waals surface area contributed by atoms with Crippen LogP contribution in [0.2, 0.25) is 4.34 Å². The molecule has 0 fully saturated rings. The second-order valence-corrected chi connectivity index (χ2v) is 7.36. The summed E-state index contributed by atoms with van der Waals surface area (Å²) in [7, 11) is 0. The molecule has 0 aliphatic rings. The van der Waals surface area contributed by atoms with E-state index in [0.29, 0.717) is 14.8 Å². The van der Waals surface area contributed by atoms with Crippen molar-refractivity contribution in [1.29, 1.82) is 0 Å². The van der Waals surface area contributed by atoms with Crippen molar-refractivity contribution < 1.29 is 19.2 Å². The van der Waals surface area contributed by atoms with Gasteiger partial charge in [0.1, 0.15) is 0 Å². The molecule has 1 aromatic heterocycles. The Kier molecular flexibility index (Phi) is 7.51. The maximum atomic E-state index is 11.9. The number of hydrogen-bond donors (Lipinski definition) is 3. The smallest absolute Gasteiger partial charge is 0.251 e. The molecule has 0 unspecified atom stereocenters. The molecule has 0 aliphatic heterocycles. The van der Waals surface area contributed by atoms with Gasteiger partial charge in [0.15, 0.2) is 5.78 Å². The van der Waals surface area contributed by atoms with Crippen LogP contribution in [0.3, 0.4) is 0 Å². The predicted molar refractivity (Wildman–Crippen MR) is 103 cm³/mol. The van der Waals surface area contributed by atoms with E-state index in [-0.39, 0.29) is 37.6 Å². The molecule has 142 valence electrons. The molecule has 1 aromatic carbocycles. The molecule has 4 N–H and O–H groups in total. The van der Waals surface area contributed by atoms with E-state index in [1.165, 1.54) is 11.3 Å². The van der Waals surface area contributed by atoms with Gasteiger partial charge in [-0.15, -0.1) is 11.3 Å². The molecule has 0 saturated heterocycles. The minimum atomic E-state index is -0.622. The predicted octanol–water partition coefficient (Wildman–Crippen LogP) is 1.90. The van der Waals surface area contributed by atoms with Crippen molar-refractivity contribution >= 4 is 46.4 Å². The minimum absolute atomic E-state index is 0.0853. The van der Waals surface area contributed by atoms with Crippen LogP contribution in [0.5, 0.6) is 0 Å². The van der Waals surface area contributed by atoms with E-state index in [9.17, 15) is 19.2 Å². The number of ketones is 1. The molecule has 0 aliphatic carbocycles. The molecular formula is C18H18ClN3O4S. The van der Waals surface area contributed by atoms with Gasteiger partial charge in [0.05, 0.1) is 15.8 Å². The number of nitrogens with one attached hydrogen (secondary N) is 2. The number of carbonyl (C=O) groups is 4. The largest absolute Gasteiger partial charge is 0.368 e. The maximum Gasteiger partial charge on any atom is 0.251 e. The van der Waals surface area contributed by atoms with Crippen molar-refractivity contribution in [2.45, 2.75) is 19.4 Å². The van der Waals surface area contributed by atoms with Crippen molar-refractivity contribution in [1.82, 2.24) is 10.6 Å². The molecule has 0 saturated carbocycles. The van der Waals surface area contributed by atoms with Crippen LogP contribution in [0.25, 0.3) is 0 Å². The van der Waals surface area contributed by atoms with Crippen LogP contribution in [0.4, 0.5) is 0 Å². The first-order valence-electron chi connectivity index (χ1n) is 8.06. The number of carbonyl (C=O) groups excluding carboxylic acids is 4. The zero-order valence-electron chi connectivity index (χ0n) is 14.3. The third-order valence-corrected chi connectivity index (χ3v) is 4.83. The monoisotopic (exact) mass is 407 g/mol. The van der Waals surface area contributed by atoms with Crippen LogP contribution in [0, 0.1) is 0 Å². The van der Waals surface area contributed by atoms with E-state index in [2.05, 4.69) is 10.6 Å². The standard InChI is InChI=1S/C18H18ClN3O4S/c19-15-7-6-14(27-15)13(23)5-8-17(25)21-9-11-1-3-12(4-2-11)18(26)22-10-16(20)24/h1-4,6-7H,5,8-10H2,(H2,20,24)(H,21,25)(H,22,26). The molecule has 7 nitrogen and oxygen atoms in total. The average Bonchev–Trinajstić information content (AvgIpc) is 3.09. The number of halogens is 1. The minimum Gasteiger partial charge on any atom is -0.368 e. The lowest BCUT2D eigenvalue weighted by atomic mass is 10.1. The Bertz CT molecular complexity index is 849. The highest BCUT2D eigenvalue weighted by atomic mass is 35.5. The van der Waals surface area contributed by atoms with Crippen molar-refractivity contribution in [3.63, 3.8) is 0 Å². The van der Waals surface area contributed by atoms with Crippen LogP contribution >= 0.6 is 22.9 Å². The second kappa shape index (κ2) is 9.84. The van der Waals surface area contributed by atoms with Gasteiger partial charge in [-0.2, -0.15) is 0 Å². The first-order chi connectivity index (χ1) is 12.8. The van der Waals surface area contributed by atoms with Gasteiger partial charge < -0.3 is 16.4 Å². The molecule has 9 heteroatoms. The molecule has 3 amide bonds. The fourth-order valence-corrected chi connectivity index (χ4v) is 3.16. The van der Waals surface area contributed by atoms with Crippen molar-refractivity contribution in [2.75, 3.05) is 6.54 Å². The Hall–Kier alpha value is -2.71. The molecular weight excluding hydrogens is 390 g/mol. The third-order valence-electron chi connectivity index (χ3n) is 3.56. The van der Waals surface area contributed by atoms with Gasteiger partial charge in [0, 0.05) is 24.9 Å². The van der Waals surface area contributed by atoms with E-state index >= 15 is 0 Å². The summed E-state index contributed by atoms with van der Waals surface area (Å²) in [6.45, 7) is 0.0497. The number of hydrogen-bond acceptors (Lipinski definition) is 5. The van der Waals surface area contributed by atoms with Gasteiger partial charge in [-0.25, -0.2) is 0 Å². The number of Topliss-reactive ketones (excluding diaryl/α,β-unsaturated/α-hetero) is 1. The van der Waals surface area contributed by atoms with Gasteiger partial charge in [0.25, 0.3) is 5.91 Å². The van der Waals surface area contributed by atoms with Crippen molar-refractivity contribution in [2.24, 2.45) is 5.73 Å².